The summed E-state index contributed by atoms with van der Waals surface area (Å²) >= 11 is 5.25. The van der Waals surface area contributed by atoms with Crippen molar-refractivity contribution in [2.24, 2.45) is 0 Å². The van der Waals surface area contributed by atoms with Crippen LogP contribution >= 0.6 is 11.6 Å². The number of aromatic nitrogens is 1. The van der Waals surface area contributed by atoms with Crippen molar-refractivity contribution in [1.29, 1.82) is 0 Å². The molecule has 14 heavy (non-hydrogen) atoms. The number of aromatic amines is 1. The average molecular weight is 224 g/mol. The van der Waals surface area contributed by atoms with Gasteiger partial charge in [0.15, 0.2) is 0 Å². The lowest BCUT2D eigenvalue weighted by Gasteiger charge is -2.03. The lowest BCUT2D eigenvalue weighted by Crippen LogP contribution is -2.13. The van der Waals surface area contributed by atoms with Crippen molar-refractivity contribution in [3.8, 4) is 0 Å². The van der Waals surface area contributed by atoms with E-state index < -0.39 is 34.2 Å². The van der Waals surface area contributed by atoms with Gasteiger partial charge < -0.3 is 10.1 Å². The average Bonchev–Trinajstić information content (AvgIpc) is 2.08. The summed E-state index contributed by atoms with van der Waals surface area (Å²) in [6, 6.07) is 0.649. The fourth-order valence-corrected chi connectivity index (χ4v) is 1.01. The molecule has 0 aliphatic carbocycles. The molecule has 4 nitrogen and oxygen atoms in total. The minimum absolute atomic E-state index is 0.616. The maximum atomic E-state index is 12.2. The number of pyridine rings is 1. The number of H-pyrrole nitrogens is 1. The maximum absolute atomic E-state index is 12.2. The molecule has 1 rings (SSSR count). The smallest absolute Gasteiger partial charge is 0.352 e. The molecule has 0 aromatic carbocycles. The molecule has 0 saturated heterocycles. The highest BCUT2D eigenvalue weighted by atomic mass is 35.5. The predicted octanol–water partition coefficient (Wildman–Crippen LogP) is 1.66. The third kappa shape index (κ3) is 1.90. The molecular weight excluding hydrogens is 220 g/mol. The molecule has 0 fully saturated rings. The van der Waals surface area contributed by atoms with Gasteiger partial charge >= 0.3 is 5.97 Å². The van der Waals surface area contributed by atoms with Crippen molar-refractivity contribution < 1.29 is 18.7 Å². The summed E-state index contributed by atoms with van der Waals surface area (Å²) in [5.41, 5.74) is -2.44. The molecule has 1 aromatic heterocycles. The quantitative estimate of drug-likeness (QED) is 0.801. The summed E-state index contributed by atoms with van der Waals surface area (Å²) in [6.45, 7) is 0. The van der Waals surface area contributed by atoms with E-state index >= 15 is 0 Å². The van der Waals surface area contributed by atoms with Crippen LogP contribution in [0, 0.1) is 0 Å². The van der Waals surface area contributed by atoms with Gasteiger partial charge in [0, 0.05) is 6.07 Å². The Morgan fingerprint density at radius 3 is 2.57 bits per heavy atom. The number of alkyl halides is 2. The van der Waals surface area contributed by atoms with Crippen molar-refractivity contribution in [2.75, 3.05) is 0 Å². The molecule has 0 spiro atoms. The molecule has 0 bridgehead atoms. The summed E-state index contributed by atoms with van der Waals surface area (Å²) in [6.07, 6.45) is -3.02. The molecule has 76 valence electrons. The van der Waals surface area contributed by atoms with Crippen LogP contribution in [0.15, 0.2) is 10.9 Å². The van der Waals surface area contributed by atoms with Gasteiger partial charge in [-0.05, 0) is 0 Å². The summed E-state index contributed by atoms with van der Waals surface area (Å²) in [5, 5.41) is 7.76. The molecule has 0 saturated carbocycles. The first-order chi connectivity index (χ1) is 6.43. The molecule has 2 N–H and O–H groups in total. The highest BCUT2D eigenvalue weighted by molar-refractivity contribution is 6.31. The van der Waals surface area contributed by atoms with Gasteiger partial charge in [-0.25, -0.2) is 13.6 Å². The Kier molecular flexibility index (Phi) is 2.85. The van der Waals surface area contributed by atoms with Gasteiger partial charge in [0.1, 0.15) is 16.4 Å². The predicted molar refractivity (Wildman–Crippen MR) is 44.0 cm³/mol. The third-order valence-corrected chi connectivity index (χ3v) is 1.84. The number of hydrogen-bond acceptors (Lipinski definition) is 2. The number of rotatable bonds is 2. The number of nitrogens with one attached hydrogen (secondary N) is 1. The minimum Gasteiger partial charge on any atom is -0.477 e. The summed E-state index contributed by atoms with van der Waals surface area (Å²) in [7, 11) is 0. The molecule has 1 aromatic rings. The number of carbonyl (C=O) groups is 1. The van der Waals surface area contributed by atoms with Gasteiger partial charge in [0.25, 0.3) is 6.43 Å². The van der Waals surface area contributed by atoms with Crippen molar-refractivity contribution in [2.45, 2.75) is 6.43 Å². The normalized spacial score (nSPS) is 10.6. The Hall–Kier alpha value is -1.43. The number of hydrogen-bond donors (Lipinski definition) is 2. The Bertz CT molecular complexity index is 429. The van der Waals surface area contributed by atoms with Crippen LogP contribution < -0.4 is 5.43 Å². The second-order valence-electron chi connectivity index (χ2n) is 2.38. The van der Waals surface area contributed by atoms with E-state index in [1.54, 1.807) is 0 Å². The number of carboxylic acid groups (broad SMARTS) is 1. The van der Waals surface area contributed by atoms with Gasteiger partial charge in [-0.1, -0.05) is 11.6 Å². The molecule has 7 heteroatoms. The fourth-order valence-electron chi connectivity index (χ4n) is 0.829. The van der Waals surface area contributed by atoms with E-state index in [0.29, 0.717) is 6.07 Å². The van der Waals surface area contributed by atoms with Crippen LogP contribution in [-0.4, -0.2) is 16.1 Å². The van der Waals surface area contributed by atoms with E-state index in [1.807, 2.05) is 4.98 Å². The standard InChI is InChI=1S/C7H4ClF2NO3/c8-4-3(12)1-2(7(13)14)11-5(4)6(9)10/h1,6H,(H,11,12)(H,13,14). The Morgan fingerprint density at radius 1 is 1.57 bits per heavy atom. The lowest BCUT2D eigenvalue weighted by molar-refractivity contribution is 0.0688. The van der Waals surface area contributed by atoms with E-state index in [-0.39, 0.29) is 0 Å². The molecule has 0 atom stereocenters. The van der Waals surface area contributed by atoms with E-state index in [9.17, 15) is 18.4 Å². The highest BCUT2D eigenvalue weighted by Crippen LogP contribution is 2.22. The van der Waals surface area contributed by atoms with Crippen molar-refractivity contribution in [1.82, 2.24) is 4.98 Å². The van der Waals surface area contributed by atoms with Crippen molar-refractivity contribution in [3.63, 3.8) is 0 Å². The summed E-state index contributed by atoms with van der Waals surface area (Å²) in [5.74, 6) is -1.50. The van der Waals surface area contributed by atoms with Gasteiger partial charge in [-0.15, -0.1) is 0 Å². The first-order valence-electron chi connectivity index (χ1n) is 3.37. The van der Waals surface area contributed by atoms with Gasteiger partial charge in [0.2, 0.25) is 5.43 Å². The summed E-state index contributed by atoms with van der Waals surface area (Å²) < 4.78 is 24.4. The number of aromatic carboxylic acids is 1. The van der Waals surface area contributed by atoms with Crippen LogP contribution in [0.2, 0.25) is 5.02 Å². The molecule has 0 amide bonds. The Balaban J connectivity index is 3.43. The van der Waals surface area contributed by atoms with E-state index in [4.69, 9.17) is 16.7 Å². The molecule has 0 aliphatic rings. The fraction of sp³-hybridized carbons (Fsp3) is 0.143. The van der Waals surface area contributed by atoms with Crippen LogP contribution in [0.3, 0.4) is 0 Å². The first kappa shape index (κ1) is 10.6. The van der Waals surface area contributed by atoms with Crippen molar-refractivity contribution in [3.05, 3.63) is 32.7 Å². The zero-order valence-corrected chi connectivity index (χ0v) is 7.31. The topological polar surface area (TPSA) is 70.2 Å². The molecule has 0 aliphatic heterocycles. The summed E-state index contributed by atoms with van der Waals surface area (Å²) in [4.78, 5) is 23.2. The lowest BCUT2D eigenvalue weighted by atomic mass is 10.3. The molecule has 1 heterocycles. The van der Waals surface area contributed by atoms with Crippen LogP contribution in [-0.2, 0) is 0 Å². The second kappa shape index (κ2) is 3.75. The van der Waals surface area contributed by atoms with Crippen molar-refractivity contribution >= 4 is 17.6 Å². The van der Waals surface area contributed by atoms with Gasteiger partial charge in [-0.2, -0.15) is 0 Å². The molecular formula is C7H4ClF2NO3. The SMILES string of the molecule is O=C(O)c1cc(=O)c(Cl)c(C(F)F)[nH]1. The second-order valence-corrected chi connectivity index (χ2v) is 2.76. The van der Waals surface area contributed by atoms with Gasteiger partial charge in [-0.3, -0.25) is 4.79 Å². The Morgan fingerprint density at radius 2 is 2.14 bits per heavy atom. The Labute approximate surface area is 81.1 Å². The van der Waals surface area contributed by atoms with E-state index in [1.165, 1.54) is 0 Å². The zero-order chi connectivity index (χ0) is 10.9. The highest BCUT2D eigenvalue weighted by Gasteiger charge is 2.18. The van der Waals surface area contributed by atoms with Crippen LogP contribution in [0.4, 0.5) is 8.78 Å². The zero-order valence-electron chi connectivity index (χ0n) is 6.55. The number of halogens is 3. The largest absolute Gasteiger partial charge is 0.477 e. The monoisotopic (exact) mass is 223 g/mol. The van der Waals surface area contributed by atoms with E-state index in [2.05, 4.69) is 0 Å². The van der Waals surface area contributed by atoms with E-state index in [0.717, 1.165) is 0 Å². The van der Waals surface area contributed by atoms with Crippen LogP contribution in [0.5, 0.6) is 0 Å². The van der Waals surface area contributed by atoms with Gasteiger partial charge in [0.05, 0.1) is 0 Å². The minimum atomic E-state index is -3.02. The number of carboxylic acids is 1. The molecule has 0 radical (unpaired) electrons. The first-order valence-corrected chi connectivity index (χ1v) is 3.75. The third-order valence-electron chi connectivity index (χ3n) is 1.45. The maximum Gasteiger partial charge on any atom is 0.352 e. The molecule has 0 unspecified atom stereocenters. The van der Waals surface area contributed by atoms with Crippen LogP contribution in [0.25, 0.3) is 0 Å². The van der Waals surface area contributed by atoms with Crippen LogP contribution in [0.1, 0.15) is 22.6 Å².